The summed E-state index contributed by atoms with van der Waals surface area (Å²) in [6.07, 6.45) is -1.51. The van der Waals surface area contributed by atoms with Gasteiger partial charge >= 0.3 is 5.92 Å². The predicted octanol–water partition coefficient (Wildman–Crippen LogP) is 2.14. The van der Waals surface area contributed by atoms with Crippen LogP contribution >= 0.6 is 23.2 Å². The van der Waals surface area contributed by atoms with Crippen LogP contribution < -0.4 is 0 Å². The maximum absolute atomic E-state index is 13.3. The number of aliphatic hydroxyl groups excluding tert-OH is 1. The van der Waals surface area contributed by atoms with E-state index in [9.17, 15) is 18.3 Å². The lowest BCUT2D eigenvalue weighted by Gasteiger charge is -2.36. The molecule has 1 nitrogen and oxygen atoms in total. The second-order valence-electron chi connectivity index (χ2n) is 3.63. The molecule has 0 saturated heterocycles. The van der Waals surface area contributed by atoms with Crippen molar-refractivity contribution in [1.82, 2.24) is 0 Å². The fourth-order valence-corrected chi connectivity index (χ4v) is 3.09. The predicted molar refractivity (Wildman–Crippen MR) is 41.9 cm³/mol. The minimum atomic E-state index is -3.68. The molecule has 0 aromatic rings. The van der Waals surface area contributed by atoms with Gasteiger partial charge in [-0.2, -0.15) is 0 Å². The summed E-state index contributed by atoms with van der Waals surface area (Å²) in [5.74, 6) is -6.28. The summed E-state index contributed by atoms with van der Waals surface area (Å²) in [4.78, 5) is 0. The quantitative estimate of drug-likeness (QED) is 0.637. The average molecular weight is 235 g/mol. The Balaban J connectivity index is 2.40. The highest BCUT2D eigenvalue weighted by atomic mass is 35.5. The van der Waals surface area contributed by atoms with Crippen molar-refractivity contribution in [2.45, 2.75) is 29.0 Å². The minimum Gasteiger partial charge on any atom is -0.391 e. The largest absolute Gasteiger partial charge is 0.391 e. The molecular formula is C7H7Cl2F3O. The van der Waals surface area contributed by atoms with Crippen LogP contribution in [0.4, 0.5) is 13.2 Å². The van der Waals surface area contributed by atoms with Gasteiger partial charge in [-0.1, -0.05) is 11.6 Å². The number of hydrogen-bond acceptors (Lipinski definition) is 1. The molecule has 2 aliphatic carbocycles. The Morgan fingerprint density at radius 1 is 1.23 bits per heavy atom. The number of rotatable bonds is 0. The van der Waals surface area contributed by atoms with E-state index in [0.29, 0.717) is 0 Å². The van der Waals surface area contributed by atoms with Gasteiger partial charge in [0.05, 0.1) is 17.4 Å². The molecule has 6 heteroatoms. The summed E-state index contributed by atoms with van der Waals surface area (Å²) in [5, 5.41) is 5.12. The highest BCUT2D eigenvalue weighted by Crippen LogP contribution is 2.64. The molecule has 0 radical (unpaired) electrons. The Labute approximate surface area is 82.8 Å². The maximum Gasteiger partial charge on any atom is 0.300 e. The molecule has 76 valence electrons. The van der Waals surface area contributed by atoms with E-state index in [1.54, 1.807) is 0 Å². The first kappa shape index (κ1) is 9.87. The summed E-state index contributed by atoms with van der Waals surface area (Å²) in [6.45, 7) is 0. The van der Waals surface area contributed by atoms with Crippen LogP contribution in [0, 0.1) is 11.8 Å². The fourth-order valence-electron chi connectivity index (χ4n) is 2.21. The molecule has 2 bridgehead atoms. The maximum atomic E-state index is 13.3. The van der Waals surface area contributed by atoms with Gasteiger partial charge in [0.1, 0.15) is 0 Å². The molecular weight excluding hydrogens is 228 g/mol. The van der Waals surface area contributed by atoms with E-state index in [1.807, 2.05) is 0 Å². The van der Waals surface area contributed by atoms with Crippen LogP contribution in [0.3, 0.4) is 0 Å². The minimum absolute atomic E-state index is 0.150. The van der Waals surface area contributed by atoms with Gasteiger partial charge in [0.25, 0.3) is 5.13 Å². The Morgan fingerprint density at radius 3 is 2.15 bits per heavy atom. The Kier molecular flexibility index (Phi) is 1.87. The standard InChI is InChI=1S/C7H7Cl2F3O/c8-4-2-1-3(5(4)13)7(11,12)6(2,9)10/h2-5,13H,1H2/t2-,3+,4-,5-,6+/m1/s1. The molecule has 2 saturated carbocycles. The first-order chi connectivity index (χ1) is 5.80. The van der Waals surface area contributed by atoms with Crippen molar-refractivity contribution < 1.29 is 18.3 Å². The number of aliphatic hydroxyl groups is 1. The lowest BCUT2D eigenvalue weighted by atomic mass is 9.91. The lowest BCUT2D eigenvalue weighted by molar-refractivity contribution is -0.158. The Hall–Kier alpha value is 0.330. The zero-order chi connectivity index (χ0) is 10.0. The molecule has 0 unspecified atom stereocenters. The van der Waals surface area contributed by atoms with Gasteiger partial charge in [0, 0.05) is 5.92 Å². The summed E-state index contributed by atoms with van der Waals surface area (Å²) in [7, 11) is 0. The SMILES string of the molecule is O[C@H]1[C@H](Cl)[C@H]2C[C@@H]1C(F)(F)[C@]2(F)Cl. The van der Waals surface area contributed by atoms with Crippen molar-refractivity contribution in [1.29, 1.82) is 0 Å². The molecule has 2 aliphatic rings. The highest BCUT2D eigenvalue weighted by molar-refractivity contribution is 6.27. The van der Waals surface area contributed by atoms with Gasteiger partial charge in [-0.15, -0.1) is 11.6 Å². The van der Waals surface area contributed by atoms with E-state index in [0.717, 1.165) is 0 Å². The number of fused-ring (bicyclic) bond motifs is 2. The molecule has 1 N–H and O–H groups in total. The van der Waals surface area contributed by atoms with Crippen LogP contribution in [0.15, 0.2) is 0 Å². The molecule has 2 rings (SSSR count). The molecule has 0 heterocycles. The third-order valence-electron chi connectivity index (χ3n) is 3.01. The molecule has 0 aromatic heterocycles. The van der Waals surface area contributed by atoms with E-state index in [4.69, 9.17) is 23.2 Å². The van der Waals surface area contributed by atoms with Crippen molar-refractivity contribution in [3.63, 3.8) is 0 Å². The third kappa shape index (κ3) is 0.944. The van der Waals surface area contributed by atoms with E-state index in [1.165, 1.54) is 0 Å². The topological polar surface area (TPSA) is 20.2 Å². The van der Waals surface area contributed by atoms with Crippen LogP contribution in [0.2, 0.25) is 0 Å². The first-order valence-electron chi connectivity index (χ1n) is 3.88. The Morgan fingerprint density at radius 2 is 1.77 bits per heavy atom. The van der Waals surface area contributed by atoms with Crippen molar-refractivity contribution in [2.75, 3.05) is 0 Å². The van der Waals surface area contributed by atoms with Crippen molar-refractivity contribution >= 4 is 23.2 Å². The second-order valence-corrected chi connectivity index (χ2v) is 4.68. The van der Waals surface area contributed by atoms with Gasteiger partial charge in [0.2, 0.25) is 0 Å². The van der Waals surface area contributed by atoms with E-state index in [2.05, 4.69) is 0 Å². The molecule has 0 aliphatic heterocycles. The second kappa shape index (κ2) is 2.47. The molecule has 0 amide bonds. The van der Waals surface area contributed by atoms with Crippen LogP contribution in [-0.4, -0.2) is 27.6 Å². The lowest BCUT2D eigenvalue weighted by Crippen LogP contribution is -2.54. The van der Waals surface area contributed by atoms with Crippen molar-refractivity contribution in [3.8, 4) is 0 Å². The van der Waals surface area contributed by atoms with Crippen LogP contribution in [0.1, 0.15) is 6.42 Å². The molecule has 2 fully saturated rings. The fraction of sp³-hybridized carbons (Fsp3) is 1.00. The van der Waals surface area contributed by atoms with Gasteiger partial charge in [-0.25, -0.2) is 13.2 Å². The Bertz CT molecular complexity index is 222. The number of halogens is 5. The highest BCUT2D eigenvalue weighted by Gasteiger charge is 2.76. The average Bonchev–Trinajstić information content (AvgIpc) is 2.36. The summed E-state index contributed by atoms with van der Waals surface area (Å²) in [5.41, 5.74) is 0. The number of hydrogen-bond donors (Lipinski definition) is 1. The van der Waals surface area contributed by atoms with E-state index < -0.39 is 34.4 Å². The normalized spacial score (nSPS) is 58.6. The van der Waals surface area contributed by atoms with Gasteiger partial charge in [-0.3, -0.25) is 0 Å². The third-order valence-corrected chi connectivity index (χ3v) is 4.10. The summed E-state index contributed by atoms with van der Waals surface area (Å²) >= 11 is 10.7. The zero-order valence-corrected chi connectivity index (χ0v) is 7.87. The van der Waals surface area contributed by atoms with Crippen molar-refractivity contribution in [2.24, 2.45) is 11.8 Å². The van der Waals surface area contributed by atoms with Gasteiger partial charge in [-0.05, 0) is 6.42 Å². The summed E-state index contributed by atoms with van der Waals surface area (Å²) in [6, 6.07) is 0. The first-order valence-corrected chi connectivity index (χ1v) is 4.69. The molecule has 5 atom stereocenters. The van der Waals surface area contributed by atoms with E-state index in [-0.39, 0.29) is 6.42 Å². The monoisotopic (exact) mass is 234 g/mol. The van der Waals surface area contributed by atoms with Gasteiger partial charge < -0.3 is 5.11 Å². The van der Waals surface area contributed by atoms with Crippen LogP contribution in [-0.2, 0) is 0 Å². The van der Waals surface area contributed by atoms with Crippen LogP contribution in [0.25, 0.3) is 0 Å². The van der Waals surface area contributed by atoms with Crippen molar-refractivity contribution in [3.05, 3.63) is 0 Å². The molecule has 0 spiro atoms. The van der Waals surface area contributed by atoms with Crippen LogP contribution in [0.5, 0.6) is 0 Å². The zero-order valence-electron chi connectivity index (χ0n) is 6.35. The number of alkyl halides is 5. The smallest absolute Gasteiger partial charge is 0.300 e. The summed E-state index contributed by atoms with van der Waals surface area (Å²) < 4.78 is 39.6. The molecule has 13 heavy (non-hydrogen) atoms. The van der Waals surface area contributed by atoms with E-state index >= 15 is 0 Å². The van der Waals surface area contributed by atoms with Gasteiger partial charge in [0.15, 0.2) is 0 Å². The molecule has 0 aromatic carbocycles.